The number of amides is 1. The van der Waals surface area contributed by atoms with E-state index in [0.29, 0.717) is 12.5 Å². The van der Waals surface area contributed by atoms with Gasteiger partial charge in [0.15, 0.2) is 0 Å². The van der Waals surface area contributed by atoms with Gasteiger partial charge in [0.2, 0.25) is 0 Å². The molecule has 3 rings (SSSR count). The second-order valence-electron chi connectivity index (χ2n) is 6.00. The van der Waals surface area contributed by atoms with Crippen molar-refractivity contribution in [2.75, 3.05) is 0 Å². The first-order valence-electron chi connectivity index (χ1n) is 8.10. The van der Waals surface area contributed by atoms with Crippen LogP contribution in [0, 0.1) is 0 Å². The molecule has 1 amide bonds. The topological polar surface area (TPSA) is 42.0 Å². The third kappa shape index (κ3) is 3.73. The largest absolute Gasteiger partial charge is 0.348 e. The maximum atomic E-state index is 12.2. The van der Waals surface area contributed by atoms with Crippen molar-refractivity contribution in [3.05, 3.63) is 65.5 Å². The van der Waals surface area contributed by atoms with Gasteiger partial charge in [-0.15, -0.1) is 0 Å². The Hall–Kier alpha value is -2.16. The second-order valence-corrected chi connectivity index (χ2v) is 6.00. The summed E-state index contributed by atoms with van der Waals surface area (Å²) in [5.41, 5.74) is 3.17. The first-order chi connectivity index (χ1) is 10.8. The molecule has 0 aliphatic heterocycles. The van der Waals surface area contributed by atoms with Crippen LogP contribution in [0.5, 0.6) is 0 Å². The van der Waals surface area contributed by atoms with Gasteiger partial charge < -0.3 is 5.32 Å². The zero-order valence-corrected chi connectivity index (χ0v) is 12.8. The van der Waals surface area contributed by atoms with Crippen molar-refractivity contribution in [1.29, 1.82) is 0 Å². The van der Waals surface area contributed by atoms with Crippen LogP contribution in [0.4, 0.5) is 0 Å². The van der Waals surface area contributed by atoms with E-state index in [2.05, 4.69) is 22.4 Å². The summed E-state index contributed by atoms with van der Waals surface area (Å²) < 4.78 is 0. The highest BCUT2D eigenvalue weighted by Crippen LogP contribution is 2.32. The van der Waals surface area contributed by atoms with Crippen molar-refractivity contribution in [3.8, 4) is 0 Å². The first kappa shape index (κ1) is 14.8. The second kappa shape index (κ2) is 7.21. The third-order valence-corrected chi connectivity index (χ3v) is 4.45. The number of carbonyl (C=O) groups excluding carboxylic acids is 1. The molecule has 22 heavy (non-hydrogen) atoms. The number of nitrogens with one attached hydrogen (secondary N) is 1. The lowest BCUT2D eigenvalue weighted by Gasteiger charge is -2.22. The van der Waals surface area contributed by atoms with Crippen molar-refractivity contribution in [1.82, 2.24) is 10.3 Å². The number of nitrogens with zero attached hydrogens (tertiary/aromatic N) is 1. The predicted octanol–water partition coefficient (Wildman–Crippen LogP) is 4.06. The highest BCUT2D eigenvalue weighted by molar-refractivity contribution is 5.94. The monoisotopic (exact) mass is 294 g/mol. The molecule has 1 aromatic heterocycles. The molecule has 1 fully saturated rings. The van der Waals surface area contributed by atoms with E-state index < -0.39 is 0 Å². The molecule has 0 spiro atoms. The molecule has 1 saturated carbocycles. The van der Waals surface area contributed by atoms with E-state index in [1.165, 1.54) is 37.7 Å². The number of benzene rings is 1. The summed E-state index contributed by atoms with van der Waals surface area (Å²) in [5, 5.41) is 2.95. The van der Waals surface area contributed by atoms with E-state index >= 15 is 0 Å². The molecule has 1 aliphatic rings. The van der Waals surface area contributed by atoms with Crippen molar-refractivity contribution in [3.63, 3.8) is 0 Å². The van der Waals surface area contributed by atoms with Gasteiger partial charge in [-0.05, 0) is 54.2 Å². The Kier molecular flexibility index (Phi) is 4.84. The van der Waals surface area contributed by atoms with Gasteiger partial charge in [0.05, 0.1) is 0 Å². The summed E-state index contributed by atoms with van der Waals surface area (Å²) in [4.78, 5) is 16.2. The van der Waals surface area contributed by atoms with E-state index in [9.17, 15) is 4.79 Å². The van der Waals surface area contributed by atoms with Gasteiger partial charge in [0.25, 0.3) is 5.91 Å². The maximum absolute atomic E-state index is 12.2. The zero-order valence-electron chi connectivity index (χ0n) is 12.8. The van der Waals surface area contributed by atoms with Gasteiger partial charge in [0.1, 0.15) is 0 Å². The minimum atomic E-state index is -0.0213. The van der Waals surface area contributed by atoms with Crippen LogP contribution in [-0.2, 0) is 6.54 Å². The summed E-state index contributed by atoms with van der Waals surface area (Å²) in [6.45, 7) is 0.533. The number of hydrogen-bond acceptors (Lipinski definition) is 2. The maximum Gasteiger partial charge on any atom is 0.251 e. The van der Waals surface area contributed by atoms with E-state index in [-0.39, 0.29) is 5.91 Å². The van der Waals surface area contributed by atoms with Crippen LogP contribution in [0.3, 0.4) is 0 Å². The highest BCUT2D eigenvalue weighted by Gasteiger charge is 2.15. The Morgan fingerprint density at radius 1 is 1.00 bits per heavy atom. The van der Waals surface area contributed by atoms with Gasteiger partial charge in [-0.1, -0.05) is 31.4 Å². The lowest BCUT2D eigenvalue weighted by Crippen LogP contribution is -2.22. The van der Waals surface area contributed by atoms with Crippen LogP contribution in [-0.4, -0.2) is 10.9 Å². The molecule has 0 atom stereocenters. The van der Waals surface area contributed by atoms with E-state index in [1.807, 2.05) is 24.3 Å². The standard InChI is InChI=1S/C19H22N2O/c22-19(21-14-15-10-12-20-13-11-15)18-8-6-17(7-9-18)16-4-2-1-3-5-16/h6-13,16H,1-5,14H2,(H,21,22). The average Bonchev–Trinajstić information content (AvgIpc) is 2.61. The Labute approximate surface area is 131 Å². The van der Waals surface area contributed by atoms with Gasteiger partial charge in [0, 0.05) is 24.5 Å². The zero-order chi connectivity index (χ0) is 15.2. The molecule has 0 bridgehead atoms. The van der Waals surface area contributed by atoms with Crippen molar-refractivity contribution >= 4 is 5.91 Å². The Balaban J connectivity index is 1.58. The van der Waals surface area contributed by atoms with Crippen LogP contribution >= 0.6 is 0 Å². The number of pyridine rings is 1. The molecule has 1 aliphatic carbocycles. The lowest BCUT2D eigenvalue weighted by molar-refractivity contribution is 0.0951. The number of aromatic nitrogens is 1. The average molecular weight is 294 g/mol. The van der Waals surface area contributed by atoms with E-state index in [0.717, 1.165) is 11.1 Å². The van der Waals surface area contributed by atoms with Crippen molar-refractivity contribution < 1.29 is 4.79 Å². The highest BCUT2D eigenvalue weighted by atomic mass is 16.1. The molecular weight excluding hydrogens is 272 g/mol. The quantitative estimate of drug-likeness (QED) is 0.924. The molecule has 3 heteroatoms. The molecule has 114 valence electrons. The molecule has 1 heterocycles. The number of carbonyl (C=O) groups is 1. The number of rotatable bonds is 4. The van der Waals surface area contributed by atoms with Crippen LogP contribution in [0.25, 0.3) is 0 Å². The Bertz CT molecular complexity index is 601. The predicted molar refractivity (Wildman–Crippen MR) is 87.7 cm³/mol. The lowest BCUT2D eigenvalue weighted by atomic mass is 9.84. The molecular formula is C19H22N2O. The molecule has 3 nitrogen and oxygen atoms in total. The van der Waals surface area contributed by atoms with Gasteiger partial charge in [-0.3, -0.25) is 9.78 Å². The Morgan fingerprint density at radius 3 is 2.36 bits per heavy atom. The van der Waals surface area contributed by atoms with Crippen LogP contribution in [0.2, 0.25) is 0 Å². The smallest absolute Gasteiger partial charge is 0.251 e. The fourth-order valence-corrected chi connectivity index (χ4v) is 3.13. The third-order valence-electron chi connectivity index (χ3n) is 4.45. The minimum Gasteiger partial charge on any atom is -0.348 e. The van der Waals surface area contributed by atoms with E-state index in [1.54, 1.807) is 12.4 Å². The Morgan fingerprint density at radius 2 is 1.68 bits per heavy atom. The van der Waals surface area contributed by atoms with Gasteiger partial charge in [-0.25, -0.2) is 0 Å². The van der Waals surface area contributed by atoms with Crippen LogP contribution < -0.4 is 5.32 Å². The summed E-state index contributed by atoms with van der Waals surface area (Å²) in [7, 11) is 0. The fraction of sp³-hybridized carbons (Fsp3) is 0.368. The molecule has 1 aromatic carbocycles. The molecule has 0 saturated heterocycles. The first-order valence-corrected chi connectivity index (χ1v) is 8.10. The van der Waals surface area contributed by atoms with Gasteiger partial charge in [-0.2, -0.15) is 0 Å². The van der Waals surface area contributed by atoms with Gasteiger partial charge >= 0.3 is 0 Å². The van der Waals surface area contributed by atoms with Crippen LogP contribution in [0.1, 0.15) is 59.5 Å². The summed E-state index contributed by atoms with van der Waals surface area (Å²) in [6.07, 6.45) is 10.1. The molecule has 1 N–H and O–H groups in total. The summed E-state index contributed by atoms with van der Waals surface area (Å²) >= 11 is 0. The SMILES string of the molecule is O=C(NCc1ccncc1)c1ccc(C2CCCCC2)cc1. The van der Waals surface area contributed by atoms with E-state index in [4.69, 9.17) is 0 Å². The minimum absolute atomic E-state index is 0.0213. The van der Waals surface area contributed by atoms with Crippen molar-refractivity contribution in [2.24, 2.45) is 0 Å². The normalized spacial score (nSPS) is 15.5. The summed E-state index contributed by atoms with van der Waals surface area (Å²) in [5.74, 6) is 0.662. The fourth-order valence-electron chi connectivity index (χ4n) is 3.13. The van der Waals surface area contributed by atoms with Crippen molar-refractivity contribution in [2.45, 2.75) is 44.6 Å². The molecule has 0 radical (unpaired) electrons. The van der Waals surface area contributed by atoms with Crippen LogP contribution in [0.15, 0.2) is 48.8 Å². The molecule has 2 aromatic rings. The summed E-state index contributed by atoms with van der Waals surface area (Å²) in [6, 6.07) is 12.0. The number of hydrogen-bond donors (Lipinski definition) is 1. The molecule has 0 unspecified atom stereocenters.